The van der Waals surface area contributed by atoms with Gasteiger partial charge < -0.3 is 5.73 Å². The standard InChI is InChI=1S/C10H14F2N2/c1-10(2,13)5-8(11)7-3-4-14-6-9(7)12/h3-4,6,8H,5,13H2,1-2H3. The van der Waals surface area contributed by atoms with Gasteiger partial charge in [-0.2, -0.15) is 0 Å². The molecule has 0 aromatic carbocycles. The van der Waals surface area contributed by atoms with Crippen LogP contribution in [0.25, 0.3) is 0 Å². The summed E-state index contributed by atoms with van der Waals surface area (Å²) in [5.41, 5.74) is 5.03. The summed E-state index contributed by atoms with van der Waals surface area (Å²) >= 11 is 0. The number of aromatic nitrogens is 1. The maximum absolute atomic E-state index is 13.5. The largest absolute Gasteiger partial charge is 0.325 e. The Kier molecular flexibility index (Phi) is 3.16. The third-order valence-electron chi connectivity index (χ3n) is 1.85. The van der Waals surface area contributed by atoms with Crippen LogP contribution in [0, 0.1) is 5.82 Å². The second kappa shape index (κ2) is 4.00. The van der Waals surface area contributed by atoms with E-state index in [1.54, 1.807) is 13.8 Å². The van der Waals surface area contributed by atoms with Gasteiger partial charge in [-0.25, -0.2) is 8.78 Å². The molecule has 1 aromatic rings. The van der Waals surface area contributed by atoms with Crippen LogP contribution in [-0.4, -0.2) is 10.5 Å². The highest BCUT2D eigenvalue weighted by Crippen LogP contribution is 2.27. The maximum atomic E-state index is 13.5. The highest BCUT2D eigenvalue weighted by atomic mass is 19.1. The molecular weight excluding hydrogens is 186 g/mol. The summed E-state index contributed by atoms with van der Waals surface area (Å²) < 4.78 is 26.6. The van der Waals surface area contributed by atoms with Crippen LogP contribution in [0.2, 0.25) is 0 Å². The molecule has 0 saturated heterocycles. The summed E-state index contributed by atoms with van der Waals surface area (Å²) in [7, 11) is 0. The Labute approximate surface area is 82.1 Å². The molecule has 0 spiro atoms. The smallest absolute Gasteiger partial charge is 0.147 e. The molecule has 4 heteroatoms. The van der Waals surface area contributed by atoms with Crippen molar-refractivity contribution in [1.29, 1.82) is 0 Å². The van der Waals surface area contributed by atoms with Crippen molar-refractivity contribution in [3.63, 3.8) is 0 Å². The Morgan fingerprint density at radius 3 is 2.71 bits per heavy atom. The fourth-order valence-corrected chi connectivity index (χ4v) is 1.21. The minimum absolute atomic E-state index is 0.0264. The van der Waals surface area contributed by atoms with Crippen molar-refractivity contribution in [3.05, 3.63) is 29.8 Å². The van der Waals surface area contributed by atoms with Gasteiger partial charge in [0.1, 0.15) is 12.0 Å². The zero-order valence-corrected chi connectivity index (χ0v) is 8.30. The van der Waals surface area contributed by atoms with E-state index < -0.39 is 17.5 Å². The van der Waals surface area contributed by atoms with E-state index in [1.807, 2.05) is 0 Å². The van der Waals surface area contributed by atoms with Crippen molar-refractivity contribution in [2.24, 2.45) is 5.73 Å². The van der Waals surface area contributed by atoms with Crippen molar-refractivity contribution in [2.45, 2.75) is 32.0 Å². The molecule has 1 rings (SSSR count). The first kappa shape index (κ1) is 11.0. The van der Waals surface area contributed by atoms with Crippen LogP contribution in [0.3, 0.4) is 0 Å². The lowest BCUT2D eigenvalue weighted by molar-refractivity contribution is 0.260. The van der Waals surface area contributed by atoms with Crippen molar-refractivity contribution in [2.75, 3.05) is 0 Å². The fraction of sp³-hybridized carbons (Fsp3) is 0.500. The molecule has 1 aromatic heterocycles. The summed E-state index contributed by atoms with van der Waals surface area (Å²) in [6.45, 7) is 3.41. The van der Waals surface area contributed by atoms with Gasteiger partial charge >= 0.3 is 0 Å². The van der Waals surface area contributed by atoms with Gasteiger partial charge in [0, 0.05) is 23.7 Å². The normalized spacial score (nSPS) is 14.1. The van der Waals surface area contributed by atoms with Gasteiger partial charge in [0.15, 0.2) is 0 Å². The fourth-order valence-electron chi connectivity index (χ4n) is 1.21. The topological polar surface area (TPSA) is 38.9 Å². The van der Waals surface area contributed by atoms with E-state index in [1.165, 1.54) is 12.3 Å². The first-order valence-corrected chi connectivity index (χ1v) is 4.42. The minimum Gasteiger partial charge on any atom is -0.325 e. The summed E-state index contributed by atoms with van der Waals surface area (Å²) in [6, 6.07) is 1.34. The van der Waals surface area contributed by atoms with Gasteiger partial charge in [-0.15, -0.1) is 0 Å². The van der Waals surface area contributed by atoms with Crippen LogP contribution in [0.1, 0.15) is 32.0 Å². The third kappa shape index (κ3) is 3.03. The predicted octanol–water partition coefficient (Wildman–Crippen LogP) is 2.36. The SMILES string of the molecule is CC(C)(N)CC(F)c1ccncc1F. The average Bonchev–Trinajstić information content (AvgIpc) is 2.01. The molecule has 1 heterocycles. The zero-order chi connectivity index (χ0) is 10.8. The molecule has 0 radical (unpaired) electrons. The Hall–Kier alpha value is -1.03. The Morgan fingerprint density at radius 2 is 2.21 bits per heavy atom. The third-order valence-corrected chi connectivity index (χ3v) is 1.85. The zero-order valence-electron chi connectivity index (χ0n) is 8.30. The highest BCUT2D eigenvalue weighted by molar-refractivity contribution is 5.16. The first-order chi connectivity index (χ1) is 6.40. The van der Waals surface area contributed by atoms with Gasteiger partial charge in [0.05, 0.1) is 6.20 Å². The van der Waals surface area contributed by atoms with Gasteiger partial charge in [-0.05, 0) is 19.9 Å². The minimum atomic E-state index is -1.38. The first-order valence-electron chi connectivity index (χ1n) is 4.42. The van der Waals surface area contributed by atoms with Gasteiger partial charge in [0.2, 0.25) is 0 Å². The molecule has 14 heavy (non-hydrogen) atoms. The van der Waals surface area contributed by atoms with E-state index in [-0.39, 0.29) is 12.0 Å². The number of rotatable bonds is 3. The lowest BCUT2D eigenvalue weighted by Crippen LogP contribution is -2.33. The van der Waals surface area contributed by atoms with E-state index in [2.05, 4.69) is 4.98 Å². The molecule has 0 aliphatic carbocycles. The summed E-state index contributed by atoms with van der Waals surface area (Å²) in [6.07, 6.45) is 1.09. The Morgan fingerprint density at radius 1 is 1.57 bits per heavy atom. The molecule has 78 valence electrons. The van der Waals surface area contributed by atoms with Crippen molar-refractivity contribution < 1.29 is 8.78 Å². The van der Waals surface area contributed by atoms with Crippen LogP contribution in [0.4, 0.5) is 8.78 Å². The number of alkyl halides is 1. The monoisotopic (exact) mass is 200 g/mol. The summed E-state index contributed by atoms with van der Waals surface area (Å²) in [5, 5.41) is 0. The van der Waals surface area contributed by atoms with E-state index in [9.17, 15) is 8.78 Å². The lowest BCUT2D eigenvalue weighted by atomic mass is 9.95. The van der Waals surface area contributed by atoms with Crippen LogP contribution < -0.4 is 5.73 Å². The molecule has 0 bridgehead atoms. The van der Waals surface area contributed by atoms with E-state index in [0.29, 0.717) is 0 Å². The summed E-state index contributed by atoms with van der Waals surface area (Å²) in [5.74, 6) is -0.621. The molecule has 0 aliphatic heterocycles. The molecule has 0 aliphatic rings. The van der Waals surface area contributed by atoms with Gasteiger partial charge in [-0.1, -0.05) is 0 Å². The predicted molar refractivity (Wildman–Crippen MR) is 50.9 cm³/mol. The maximum Gasteiger partial charge on any atom is 0.147 e. The van der Waals surface area contributed by atoms with Crippen LogP contribution in [-0.2, 0) is 0 Å². The number of pyridine rings is 1. The second-order valence-corrected chi connectivity index (χ2v) is 4.06. The number of hydrogen-bond donors (Lipinski definition) is 1. The second-order valence-electron chi connectivity index (χ2n) is 4.06. The molecule has 0 saturated carbocycles. The molecule has 1 atom stereocenters. The van der Waals surface area contributed by atoms with E-state index in [4.69, 9.17) is 5.73 Å². The van der Waals surface area contributed by atoms with Gasteiger partial charge in [0.25, 0.3) is 0 Å². The molecule has 1 unspecified atom stereocenters. The molecule has 2 nitrogen and oxygen atoms in total. The Balaban J connectivity index is 2.80. The van der Waals surface area contributed by atoms with Crippen LogP contribution in [0.15, 0.2) is 18.5 Å². The van der Waals surface area contributed by atoms with Crippen molar-refractivity contribution in [3.8, 4) is 0 Å². The van der Waals surface area contributed by atoms with Crippen LogP contribution >= 0.6 is 0 Å². The molecule has 0 fully saturated rings. The molecular formula is C10H14F2N2. The van der Waals surface area contributed by atoms with Crippen LogP contribution in [0.5, 0.6) is 0 Å². The molecule has 0 amide bonds. The highest BCUT2D eigenvalue weighted by Gasteiger charge is 2.22. The van der Waals surface area contributed by atoms with Crippen molar-refractivity contribution in [1.82, 2.24) is 4.98 Å². The van der Waals surface area contributed by atoms with Gasteiger partial charge in [-0.3, -0.25) is 4.98 Å². The number of halogens is 2. The number of nitrogens with two attached hydrogens (primary N) is 1. The van der Waals surface area contributed by atoms with E-state index >= 15 is 0 Å². The van der Waals surface area contributed by atoms with Crippen molar-refractivity contribution >= 4 is 0 Å². The lowest BCUT2D eigenvalue weighted by Gasteiger charge is -2.21. The quantitative estimate of drug-likeness (QED) is 0.813. The Bertz CT molecular complexity index is 307. The number of nitrogens with zero attached hydrogens (tertiary/aromatic N) is 1. The summed E-state index contributed by atoms with van der Waals surface area (Å²) in [4.78, 5) is 3.55. The average molecular weight is 200 g/mol. The van der Waals surface area contributed by atoms with E-state index in [0.717, 1.165) is 6.20 Å². The molecule has 2 N–H and O–H groups in total. The number of hydrogen-bond acceptors (Lipinski definition) is 2.